The molecule has 3 nitrogen and oxygen atoms in total. The zero-order valence-corrected chi connectivity index (χ0v) is 7.98. The van der Waals surface area contributed by atoms with E-state index in [-0.39, 0.29) is 0 Å². The minimum absolute atomic E-state index is 0.498. The maximum atomic E-state index is 5.71. The van der Waals surface area contributed by atoms with Gasteiger partial charge in [0.25, 0.3) is 0 Å². The molecule has 0 fully saturated rings. The Morgan fingerprint density at radius 2 is 2.33 bits per heavy atom. The van der Waals surface area contributed by atoms with Gasteiger partial charge in [-0.25, -0.2) is 15.0 Å². The molecular weight excluding hydrogens is 194 g/mol. The fourth-order valence-electron chi connectivity index (χ4n) is 0.902. The Morgan fingerprint density at radius 1 is 1.50 bits per heavy atom. The number of nitrogens with zero attached hydrogens (tertiary/aromatic N) is 3. The van der Waals surface area contributed by atoms with Crippen molar-refractivity contribution in [3.8, 4) is 0 Å². The summed E-state index contributed by atoms with van der Waals surface area (Å²) in [6.45, 7) is 2.04. The van der Waals surface area contributed by atoms with Crippen LogP contribution in [0.5, 0.6) is 0 Å². The number of aryl methyl sites for hydroxylation is 1. The molecule has 62 valence electrons. The largest absolute Gasteiger partial charge is 0.237 e. The number of fused-ring (bicyclic) bond motifs is 1. The van der Waals surface area contributed by atoms with Gasteiger partial charge in [0.15, 0.2) is 14.9 Å². The van der Waals surface area contributed by atoms with Gasteiger partial charge in [0.1, 0.15) is 0 Å². The summed E-state index contributed by atoms with van der Waals surface area (Å²) in [6.07, 6.45) is 2.62. The van der Waals surface area contributed by atoms with Crippen molar-refractivity contribution in [1.29, 1.82) is 0 Å². The van der Waals surface area contributed by atoms with Crippen LogP contribution in [0.1, 0.15) is 12.6 Å². The lowest BCUT2D eigenvalue weighted by molar-refractivity contribution is 1.03. The normalized spacial score (nSPS) is 10.8. The van der Waals surface area contributed by atoms with Gasteiger partial charge in [-0.2, -0.15) is 0 Å². The first-order valence-electron chi connectivity index (χ1n) is 3.57. The highest BCUT2D eigenvalue weighted by molar-refractivity contribution is 7.21. The molecule has 0 aliphatic carbocycles. The molecule has 0 bridgehead atoms. The Balaban J connectivity index is 2.66. The third-order valence-electron chi connectivity index (χ3n) is 1.51. The Labute approximate surface area is 78.4 Å². The summed E-state index contributed by atoms with van der Waals surface area (Å²) in [5.74, 6) is 0. The number of halogens is 1. The van der Waals surface area contributed by atoms with Crippen molar-refractivity contribution in [3.05, 3.63) is 16.4 Å². The zero-order valence-electron chi connectivity index (χ0n) is 6.41. The molecule has 2 aromatic heterocycles. The lowest BCUT2D eigenvalue weighted by atomic mass is 10.4. The summed E-state index contributed by atoms with van der Waals surface area (Å²) in [4.78, 5) is 13.3. The Hall–Kier alpha value is -0.740. The molecule has 2 rings (SSSR count). The van der Waals surface area contributed by atoms with Gasteiger partial charge in [0.05, 0.1) is 11.9 Å². The van der Waals surface area contributed by atoms with Crippen molar-refractivity contribution in [2.75, 3.05) is 0 Å². The standard InChI is InChI=1S/C7H6ClN3S/c1-2-4-3-9-5-6(10-4)12-7(8)11-5/h3H,2H2,1H3. The van der Waals surface area contributed by atoms with E-state index in [0.29, 0.717) is 10.1 Å². The topological polar surface area (TPSA) is 38.7 Å². The van der Waals surface area contributed by atoms with Gasteiger partial charge < -0.3 is 0 Å². The van der Waals surface area contributed by atoms with Crippen LogP contribution >= 0.6 is 22.9 Å². The van der Waals surface area contributed by atoms with Crippen LogP contribution in [0.25, 0.3) is 10.5 Å². The molecule has 0 aliphatic rings. The van der Waals surface area contributed by atoms with E-state index in [4.69, 9.17) is 11.6 Å². The van der Waals surface area contributed by atoms with Crippen LogP contribution in [-0.2, 0) is 6.42 Å². The van der Waals surface area contributed by atoms with Crippen molar-refractivity contribution in [2.45, 2.75) is 13.3 Å². The third-order valence-corrected chi connectivity index (χ3v) is 2.55. The van der Waals surface area contributed by atoms with Crippen LogP contribution in [-0.4, -0.2) is 15.0 Å². The minimum Gasteiger partial charge on any atom is -0.237 e. The quantitative estimate of drug-likeness (QED) is 0.708. The predicted molar refractivity (Wildman–Crippen MR) is 49.6 cm³/mol. The first kappa shape index (κ1) is 7.89. The number of thiazole rings is 1. The summed E-state index contributed by atoms with van der Waals surface area (Å²) < 4.78 is 0.498. The van der Waals surface area contributed by atoms with Gasteiger partial charge in [0, 0.05) is 0 Å². The Bertz CT molecular complexity index is 412. The van der Waals surface area contributed by atoms with Crippen LogP contribution in [0.15, 0.2) is 6.20 Å². The summed E-state index contributed by atoms with van der Waals surface area (Å²) in [5, 5.41) is 0. The van der Waals surface area contributed by atoms with E-state index in [1.807, 2.05) is 6.92 Å². The van der Waals surface area contributed by atoms with E-state index in [0.717, 1.165) is 16.9 Å². The van der Waals surface area contributed by atoms with Crippen LogP contribution < -0.4 is 0 Å². The van der Waals surface area contributed by atoms with Gasteiger partial charge in [0.2, 0.25) is 0 Å². The Morgan fingerprint density at radius 3 is 3.08 bits per heavy atom. The van der Waals surface area contributed by atoms with E-state index < -0.39 is 0 Å². The maximum absolute atomic E-state index is 5.71. The molecule has 0 saturated carbocycles. The van der Waals surface area contributed by atoms with Gasteiger partial charge in [-0.1, -0.05) is 29.9 Å². The number of aromatic nitrogens is 3. The monoisotopic (exact) mass is 199 g/mol. The molecular formula is C7H6ClN3S. The van der Waals surface area contributed by atoms with Gasteiger partial charge in [-0.15, -0.1) is 0 Å². The molecule has 2 heterocycles. The van der Waals surface area contributed by atoms with Crippen molar-refractivity contribution in [2.24, 2.45) is 0 Å². The maximum Gasteiger partial charge on any atom is 0.191 e. The van der Waals surface area contributed by atoms with Crippen LogP contribution in [0.3, 0.4) is 0 Å². The fourth-order valence-corrected chi connectivity index (χ4v) is 1.85. The van der Waals surface area contributed by atoms with Crippen molar-refractivity contribution < 1.29 is 0 Å². The van der Waals surface area contributed by atoms with Crippen LogP contribution in [0.4, 0.5) is 0 Å². The summed E-state index contributed by atoms with van der Waals surface area (Å²) in [5.41, 5.74) is 1.62. The number of rotatable bonds is 1. The van der Waals surface area contributed by atoms with E-state index in [9.17, 15) is 0 Å². The molecule has 0 amide bonds. The van der Waals surface area contributed by atoms with Crippen LogP contribution in [0, 0.1) is 0 Å². The second kappa shape index (κ2) is 2.95. The molecule has 2 aromatic rings. The van der Waals surface area contributed by atoms with Crippen LogP contribution in [0.2, 0.25) is 4.47 Å². The first-order valence-corrected chi connectivity index (χ1v) is 4.77. The highest BCUT2D eigenvalue weighted by Crippen LogP contribution is 2.22. The average Bonchev–Trinajstić information content (AvgIpc) is 2.43. The molecule has 0 atom stereocenters. The minimum atomic E-state index is 0.498. The number of hydrogen-bond acceptors (Lipinski definition) is 4. The van der Waals surface area contributed by atoms with Gasteiger partial charge in [-0.3, -0.25) is 0 Å². The molecule has 12 heavy (non-hydrogen) atoms. The first-order chi connectivity index (χ1) is 5.79. The summed E-state index contributed by atoms with van der Waals surface area (Å²) >= 11 is 7.07. The number of hydrogen-bond donors (Lipinski definition) is 0. The second-order valence-corrected chi connectivity index (χ2v) is 3.87. The predicted octanol–water partition coefficient (Wildman–Crippen LogP) is 2.30. The van der Waals surface area contributed by atoms with Gasteiger partial charge >= 0.3 is 0 Å². The second-order valence-electron chi connectivity index (χ2n) is 2.31. The molecule has 0 unspecified atom stereocenters. The highest BCUT2D eigenvalue weighted by atomic mass is 35.5. The fraction of sp³-hybridized carbons (Fsp3) is 0.286. The van der Waals surface area contributed by atoms with E-state index in [2.05, 4.69) is 15.0 Å². The van der Waals surface area contributed by atoms with E-state index >= 15 is 0 Å². The molecule has 0 aromatic carbocycles. The highest BCUT2D eigenvalue weighted by Gasteiger charge is 2.03. The van der Waals surface area contributed by atoms with Crippen molar-refractivity contribution in [3.63, 3.8) is 0 Å². The average molecular weight is 200 g/mol. The molecule has 0 aliphatic heterocycles. The molecule has 5 heteroatoms. The SMILES string of the molecule is CCc1cnc2nc(Cl)sc2n1. The molecule has 0 spiro atoms. The molecule has 0 N–H and O–H groups in total. The lowest BCUT2D eigenvalue weighted by Crippen LogP contribution is -1.87. The molecule has 0 saturated heterocycles. The Kier molecular flexibility index (Phi) is 1.94. The third kappa shape index (κ3) is 1.28. The lowest BCUT2D eigenvalue weighted by Gasteiger charge is -1.91. The summed E-state index contributed by atoms with van der Waals surface area (Å²) in [7, 11) is 0. The zero-order chi connectivity index (χ0) is 8.55. The van der Waals surface area contributed by atoms with Gasteiger partial charge in [-0.05, 0) is 6.42 Å². The molecule has 0 radical (unpaired) electrons. The van der Waals surface area contributed by atoms with Crippen molar-refractivity contribution >= 4 is 33.4 Å². The van der Waals surface area contributed by atoms with Crippen molar-refractivity contribution in [1.82, 2.24) is 15.0 Å². The summed E-state index contributed by atoms with van der Waals surface area (Å²) in [6, 6.07) is 0. The smallest absolute Gasteiger partial charge is 0.191 e. The van der Waals surface area contributed by atoms with E-state index in [1.54, 1.807) is 6.20 Å². The van der Waals surface area contributed by atoms with E-state index in [1.165, 1.54) is 11.3 Å².